The summed E-state index contributed by atoms with van der Waals surface area (Å²) in [5.41, 5.74) is 10.2. The first-order chi connectivity index (χ1) is 7.52. The van der Waals surface area contributed by atoms with Crippen LogP contribution in [0.3, 0.4) is 0 Å². The van der Waals surface area contributed by atoms with Gasteiger partial charge in [-0.2, -0.15) is 11.8 Å². The second-order valence-corrected chi connectivity index (χ2v) is 5.90. The molecular weight excluding hydrogens is 214 g/mol. The van der Waals surface area contributed by atoms with Crippen LogP contribution in [0.25, 0.3) is 0 Å². The molecule has 0 heterocycles. The van der Waals surface area contributed by atoms with Crippen LogP contribution in [0.5, 0.6) is 0 Å². The minimum absolute atomic E-state index is 0.170. The highest BCUT2D eigenvalue weighted by Gasteiger charge is 2.10. The third-order valence-electron chi connectivity index (χ3n) is 2.79. The Kier molecular flexibility index (Phi) is 5.36. The Bertz CT molecular complexity index is 334. The maximum absolute atomic E-state index is 6.23. The normalized spacial score (nSPS) is 13.1. The van der Waals surface area contributed by atoms with Crippen molar-refractivity contribution in [3.05, 3.63) is 34.9 Å². The maximum Gasteiger partial charge on any atom is 0.0389 e. The van der Waals surface area contributed by atoms with Gasteiger partial charge < -0.3 is 5.73 Å². The van der Waals surface area contributed by atoms with E-state index in [0.717, 1.165) is 11.7 Å². The molecule has 1 aromatic carbocycles. The Morgan fingerprint density at radius 1 is 1.19 bits per heavy atom. The molecule has 90 valence electrons. The molecule has 16 heavy (non-hydrogen) atoms. The molecule has 0 saturated heterocycles. The Morgan fingerprint density at radius 3 is 2.50 bits per heavy atom. The smallest absolute Gasteiger partial charge is 0.0389 e. The highest BCUT2D eigenvalue weighted by atomic mass is 32.2. The molecule has 0 aliphatic rings. The van der Waals surface area contributed by atoms with E-state index in [1.54, 1.807) is 0 Å². The van der Waals surface area contributed by atoms with Crippen LogP contribution in [-0.2, 0) is 0 Å². The third-order valence-corrected chi connectivity index (χ3v) is 4.29. The second kappa shape index (κ2) is 6.31. The first-order valence-corrected chi connectivity index (χ1v) is 7.07. The minimum atomic E-state index is 0.170. The van der Waals surface area contributed by atoms with E-state index in [-0.39, 0.29) is 6.04 Å². The van der Waals surface area contributed by atoms with Gasteiger partial charge in [0.05, 0.1) is 0 Å². The molecule has 1 rings (SSSR count). The number of nitrogens with two attached hydrogens (primary N) is 1. The van der Waals surface area contributed by atoms with Gasteiger partial charge in [-0.15, -0.1) is 0 Å². The van der Waals surface area contributed by atoms with Crippen molar-refractivity contribution in [2.75, 3.05) is 11.5 Å². The summed E-state index contributed by atoms with van der Waals surface area (Å²) < 4.78 is 0. The van der Waals surface area contributed by atoms with E-state index >= 15 is 0 Å². The van der Waals surface area contributed by atoms with Gasteiger partial charge in [0.1, 0.15) is 0 Å². The molecule has 0 radical (unpaired) electrons. The van der Waals surface area contributed by atoms with Crippen LogP contribution in [0, 0.1) is 19.8 Å². The van der Waals surface area contributed by atoms with Crippen molar-refractivity contribution in [3.63, 3.8) is 0 Å². The predicted octanol–water partition coefficient (Wildman–Crippen LogP) is 3.69. The molecule has 1 aromatic rings. The van der Waals surface area contributed by atoms with Crippen LogP contribution in [0.15, 0.2) is 18.2 Å². The van der Waals surface area contributed by atoms with Gasteiger partial charge in [-0.25, -0.2) is 0 Å². The van der Waals surface area contributed by atoms with Crippen LogP contribution in [0.1, 0.15) is 36.6 Å². The zero-order valence-corrected chi connectivity index (χ0v) is 11.6. The van der Waals surface area contributed by atoms with Gasteiger partial charge in [-0.3, -0.25) is 0 Å². The van der Waals surface area contributed by atoms with Crippen molar-refractivity contribution in [2.45, 2.75) is 33.7 Å². The van der Waals surface area contributed by atoms with Crippen molar-refractivity contribution in [3.8, 4) is 0 Å². The second-order valence-electron chi connectivity index (χ2n) is 4.83. The minimum Gasteiger partial charge on any atom is -0.323 e. The number of hydrogen-bond acceptors (Lipinski definition) is 2. The highest BCUT2D eigenvalue weighted by Crippen LogP contribution is 2.22. The van der Waals surface area contributed by atoms with Crippen LogP contribution >= 0.6 is 11.8 Å². The number of aryl methyl sites for hydroxylation is 1. The third kappa shape index (κ3) is 3.84. The van der Waals surface area contributed by atoms with Crippen LogP contribution in [0.4, 0.5) is 0 Å². The fourth-order valence-electron chi connectivity index (χ4n) is 1.70. The Balaban J connectivity index is 2.59. The highest BCUT2D eigenvalue weighted by molar-refractivity contribution is 7.99. The summed E-state index contributed by atoms with van der Waals surface area (Å²) in [5.74, 6) is 2.96. The van der Waals surface area contributed by atoms with Crippen LogP contribution in [0.2, 0.25) is 0 Å². The molecule has 0 saturated carbocycles. The summed E-state index contributed by atoms with van der Waals surface area (Å²) in [7, 11) is 0. The summed E-state index contributed by atoms with van der Waals surface area (Å²) in [6, 6.07) is 6.57. The van der Waals surface area contributed by atoms with E-state index in [0.29, 0.717) is 0 Å². The Morgan fingerprint density at radius 2 is 1.88 bits per heavy atom. The first-order valence-electron chi connectivity index (χ1n) is 5.91. The number of hydrogen-bond donors (Lipinski definition) is 1. The van der Waals surface area contributed by atoms with E-state index < -0.39 is 0 Å². The van der Waals surface area contributed by atoms with Gasteiger partial charge in [0, 0.05) is 11.8 Å². The fraction of sp³-hybridized carbons (Fsp3) is 0.571. The zero-order chi connectivity index (χ0) is 12.1. The van der Waals surface area contributed by atoms with Crippen LogP contribution in [-0.4, -0.2) is 11.5 Å². The van der Waals surface area contributed by atoms with Gasteiger partial charge in [0.15, 0.2) is 0 Å². The van der Waals surface area contributed by atoms with E-state index in [4.69, 9.17) is 5.73 Å². The van der Waals surface area contributed by atoms with Crippen molar-refractivity contribution in [1.82, 2.24) is 0 Å². The summed E-state index contributed by atoms with van der Waals surface area (Å²) in [6.45, 7) is 8.80. The molecule has 1 unspecified atom stereocenters. The van der Waals surface area contributed by atoms with Gasteiger partial charge in [-0.1, -0.05) is 32.0 Å². The lowest BCUT2D eigenvalue weighted by Gasteiger charge is -2.16. The largest absolute Gasteiger partial charge is 0.323 e. The molecule has 0 fully saturated rings. The first kappa shape index (κ1) is 13.6. The van der Waals surface area contributed by atoms with E-state index in [1.165, 1.54) is 22.4 Å². The average Bonchev–Trinajstić information content (AvgIpc) is 2.21. The molecule has 2 N–H and O–H groups in total. The zero-order valence-electron chi connectivity index (χ0n) is 10.8. The molecule has 1 atom stereocenters. The van der Waals surface area contributed by atoms with E-state index in [9.17, 15) is 0 Å². The number of rotatable bonds is 5. The van der Waals surface area contributed by atoms with Gasteiger partial charge in [-0.05, 0) is 42.2 Å². The summed E-state index contributed by atoms with van der Waals surface area (Å²) in [5, 5.41) is 0. The van der Waals surface area contributed by atoms with Crippen molar-refractivity contribution >= 4 is 11.8 Å². The lowest BCUT2D eigenvalue weighted by Crippen LogP contribution is -2.15. The topological polar surface area (TPSA) is 26.0 Å². The molecular formula is C14H23NS. The van der Waals surface area contributed by atoms with Crippen molar-refractivity contribution in [2.24, 2.45) is 11.7 Å². The van der Waals surface area contributed by atoms with E-state index in [1.807, 2.05) is 11.8 Å². The fourth-order valence-corrected chi connectivity index (χ4v) is 2.74. The quantitative estimate of drug-likeness (QED) is 0.845. The van der Waals surface area contributed by atoms with Gasteiger partial charge in [0.25, 0.3) is 0 Å². The lowest BCUT2D eigenvalue weighted by atomic mass is 9.99. The molecule has 0 amide bonds. The summed E-state index contributed by atoms with van der Waals surface area (Å²) in [4.78, 5) is 0. The average molecular weight is 237 g/mol. The molecule has 1 nitrogen and oxygen atoms in total. The molecule has 0 aromatic heterocycles. The lowest BCUT2D eigenvalue weighted by molar-refractivity contribution is 0.745. The predicted molar refractivity (Wildman–Crippen MR) is 75.0 cm³/mol. The van der Waals surface area contributed by atoms with Gasteiger partial charge >= 0.3 is 0 Å². The molecule has 2 heteroatoms. The molecule has 0 aliphatic carbocycles. The van der Waals surface area contributed by atoms with Crippen molar-refractivity contribution in [1.29, 1.82) is 0 Å². The van der Waals surface area contributed by atoms with Crippen LogP contribution < -0.4 is 5.73 Å². The monoisotopic (exact) mass is 237 g/mol. The van der Waals surface area contributed by atoms with E-state index in [2.05, 4.69) is 45.9 Å². The van der Waals surface area contributed by atoms with Crippen molar-refractivity contribution < 1.29 is 0 Å². The molecule has 0 aliphatic heterocycles. The summed E-state index contributed by atoms with van der Waals surface area (Å²) in [6.07, 6.45) is 0. The Labute approximate surface area is 104 Å². The summed E-state index contributed by atoms with van der Waals surface area (Å²) >= 11 is 1.95. The molecule has 0 bridgehead atoms. The Hall–Kier alpha value is -0.470. The number of thioether (sulfide) groups is 1. The molecule has 0 spiro atoms. The number of benzene rings is 1. The standard InChI is InChI=1S/C14H23NS/c1-10(2)8-16-9-14(15)13-7-5-6-11(3)12(13)4/h5-7,10,14H,8-9,15H2,1-4H3. The van der Waals surface area contributed by atoms with Gasteiger partial charge in [0.2, 0.25) is 0 Å². The SMILES string of the molecule is Cc1cccc(C(N)CSCC(C)C)c1C. The maximum atomic E-state index is 6.23.